The number of carbonyl (C=O) groups excluding carboxylic acids is 3. The molecule has 0 radical (unpaired) electrons. The number of ether oxygens (including phenoxy) is 2. The van der Waals surface area contributed by atoms with Crippen molar-refractivity contribution in [1.82, 2.24) is 9.97 Å². The maximum Gasteiger partial charge on any atom is 0.339 e. The summed E-state index contributed by atoms with van der Waals surface area (Å²) in [7, 11) is 2.48. The minimum Gasteiger partial charge on any atom is -0.465 e. The molecule has 0 aliphatic rings. The Morgan fingerprint density at radius 2 is 1.72 bits per heavy atom. The highest BCUT2D eigenvalue weighted by molar-refractivity contribution is 6.03. The summed E-state index contributed by atoms with van der Waals surface area (Å²) in [6, 6.07) is 4.20. The Labute approximate surface area is 144 Å². The molecule has 1 heterocycles. The van der Waals surface area contributed by atoms with E-state index in [9.17, 15) is 14.4 Å². The second-order valence-electron chi connectivity index (χ2n) is 5.04. The smallest absolute Gasteiger partial charge is 0.339 e. The van der Waals surface area contributed by atoms with E-state index >= 15 is 0 Å². The molecule has 2 rings (SSSR count). The standard InChI is InChI=1S/C17H17N3O5/c1-24-16(22)12-4-5-13(17(23)25-2)14(7-12)20-15(21)6-3-11-8-18-10-19-9-11/h4-5,7-10H,3,6H2,1-2H3,(H,20,21). The Morgan fingerprint density at radius 3 is 2.36 bits per heavy atom. The number of benzene rings is 1. The normalized spacial score (nSPS) is 10.0. The van der Waals surface area contributed by atoms with Gasteiger partial charge in [0, 0.05) is 18.8 Å². The minimum atomic E-state index is -0.622. The van der Waals surface area contributed by atoms with E-state index in [2.05, 4.69) is 20.0 Å². The van der Waals surface area contributed by atoms with Crippen molar-refractivity contribution in [3.63, 3.8) is 0 Å². The van der Waals surface area contributed by atoms with E-state index < -0.39 is 11.9 Å². The molecule has 0 atom stereocenters. The molecule has 0 saturated heterocycles. The second-order valence-corrected chi connectivity index (χ2v) is 5.04. The van der Waals surface area contributed by atoms with Crippen molar-refractivity contribution in [2.75, 3.05) is 19.5 Å². The number of anilines is 1. The van der Waals surface area contributed by atoms with E-state index in [1.54, 1.807) is 12.4 Å². The van der Waals surface area contributed by atoms with E-state index in [0.29, 0.717) is 6.42 Å². The maximum absolute atomic E-state index is 12.2. The number of hydrogen-bond donors (Lipinski definition) is 1. The van der Waals surface area contributed by atoms with Crippen molar-refractivity contribution < 1.29 is 23.9 Å². The second kappa shape index (κ2) is 8.53. The molecule has 8 nitrogen and oxygen atoms in total. The zero-order chi connectivity index (χ0) is 18.2. The molecular weight excluding hydrogens is 326 g/mol. The summed E-state index contributed by atoms with van der Waals surface area (Å²) in [5.41, 5.74) is 1.35. The fraction of sp³-hybridized carbons (Fsp3) is 0.235. The summed E-state index contributed by atoms with van der Waals surface area (Å²) in [5.74, 6) is -1.52. The monoisotopic (exact) mass is 343 g/mol. The van der Waals surface area contributed by atoms with Crippen molar-refractivity contribution in [3.05, 3.63) is 53.6 Å². The molecule has 25 heavy (non-hydrogen) atoms. The van der Waals surface area contributed by atoms with E-state index in [1.807, 2.05) is 0 Å². The molecule has 0 bridgehead atoms. The molecule has 0 aliphatic heterocycles. The predicted molar refractivity (Wildman–Crippen MR) is 88.1 cm³/mol. The lowest BCUT2D eigenvalue weighted by Gasteiger charge is -2.11. The summed E-state index contributed by atoms with van der Waals surface area (Å²) in [4.78, 5) is 43.4. The lowest BCUT2D eigenvalue weighted by atomic mass is 10.1. The highest BCUT2D eigenvalue weighted by Gasteiger charge is 2.17. The van der Waals surface area contributed by atoms with Gasteiger partial charge in [-0.3, -0.25) is 4.79 Å². The summed E-state index contributed by atoms with van der Waals surface area (Å²) >= 11 is 0. The van der Waals surface area contributed by atoms with Crippen molar-refractivity contribution in [2.24, 2.45) is 0 Å². The Morgan fingerprint density at radius 1 is 1.04 bits per heavy atom. The Balaban J connectivity index is 2.15. The number of methoxy groups -OCH3 is 2. The van der Waals surface area contributed by atoms with Crippen LogP contribution in [-0.2, 0) is 20.7 Å². The van der Waals surface area contributed by atoms with Gasteiger partial charge < -0.3 is 14.8 Å². The molecular formula is C17H17N3O5. The summed E-state index contributed by atoms with van der Waals surface area (Å²) in [6.07, 6.45) is 5.26. The highest BCUT2D eigenvalue weighted by Crippen LogP contribution is 2.20. The number of esters is 2. The number of amides is 1. The van der Waals surface area contributed by atoms with Crippen LogP contribution in [0.3, 0.4) is 0 Å². The fourth-order valence-electron chi connectivity index (χ4n) is 2.11. The van der Waals surface area contributed by atoms with Crippen molar-refractivity contribution in [3.8, 4) is 0 Å². The van der Waals surface area contributed by atoms with E-state index in [0.717, 1.165) is 5.56 Å². The van der Waals surface area contributed by atoms with Crippen LogP contribution in [0.15, 0.2) is 36.9 Å². The third-order valence-corrected chi connectivity index (χ3v) is 3.37. The van der Waals surface area contributed by atoms with Crippen molar-refractivity contribution in [1.29, 1.82) is 0 Å². The molecule has 1 aromatic heterocycles. The quantitative estimate of drug-likeness (QED) is 0.794. The van der Waals surface area contributed by atoms with Crippen LogP contribution in [0.2, 0.25) is 0 Å². The Kier molecular flexibility index (Phi) is 6.16. The van der Waals surface area contributed by atoms with Gasteiger partial charge in [0.1, 0.15) is 6.33 Å². The van der Waals surface area contributed by atoms with Gasteiger partial charge in [-0.25, -0.2) is 19.6 Å². The lowest BCUT2D eigenvalue weighted by molar-refractivity contribution is -0.116. The van der Waals surface area contributed by atoms with Crippen molar-refractivity contribution in [2.45, 2.75) is 12.8 Å². The van der Waals surface area contributed by atoms with Crippen LogP contribution >= 0.6 is 0 Å². The topological polar surface area (TPSA) is 107 Å². The van der Waals surface area contributed by atoms with Crippen molar-refractivity contribution >= 4 is 23.5 Å². The van der Waals surface area contributed by atoms with Crippen LogP contribution in [0.25, 0.3) is 0 Å². The van der Waals surface area contributed by atoms with Gasteiger partial charge in [-0.15, -0.1) is 0 Å². The van der Waals surface area contributed by atoms with Crippen LogP contribution in [0.1, 0.15) is 32.7 Å². The maximum atomic E-state index is 12.2. The minimum absolute atomic E-state index is 0.145. The first-order valence-electron chi connectivity index (χ1n) is 7.39. The summed E-state index contributed by atoms with van der Waals surface area (Å²) < 4.78 is 9.34. The Hall–Kier alpha value is -3.29. The first-order chi connectivity index (χ1) is 12.0. The molecule has 2 aromatic rings. The number of nitrogens with one attached hydrogen (secondary N) is 1. The molecule has 130 valence electrons. The number of aryl methyl sites for hydroxylation is 1. The average Bonchev–Trinajstić information content (AvgIpc) is 2.65. The van der Waals surface area contributed by atoms with Gasteiger partial charge in [-0.1, -0.05) is 0 Å². The third-order valence-electron chi connectivity index (χ3n) is 3.37. The fourth-order valence-corrected chi connectivity index (χ4v) is 2.11. The molecule has 0 unspecified atom stereocenters. The van der Waals surface area contributed by atoms with Crippen LogP contribution in [-0.4, -0.2) is 42.0 Å². The molecule has 8 heteroatoms. The number of rotatable bonds is 6. The molecule has 0 fully saturated rings. The third kappa shape index (κ3) is 4.84. The number of aromatic nitrogens is 2. The Bertz CT molecular complexity index is 777. The number of hydrogen-bond acceptors (Lipinski definition) is 7. The van der Waals surface area contributed by atoms with E-state index in [4.69, 9.17) is 4.74 Å². The molecule has 1 amide bonds. The van der Waals surface area contributed by atoms with Gasteiger partial charge in [-0.2, -0.15) is 0 Å². The predicted octanol–water partition coefficient (Wildman–Crippen LogP) is 1.62. The number of nitrogens with zero attached hydrogens (tertiary/aromatic N) is 2. The van der Waals surface area contributed by atoms with Gasteiger partial charge in [0.15, 0.2) is 0 Å². The molecule has 0 saturated carbocycles. The van der Waals surface area contributed by atoms with Crippen LogP contribution in [0.5, 0.6) is 0 Å². The molecule has 1 aromatic carbocycles. The van der Waals surface area contributed by atoms with Crippen LogP contribution < -0.4 is 5.32 Å². The zero-order valence-electron chi connectivity index (χ0n) is 13.8. The molecule has 0 spiro atoms. The van der Waals surface area contributed by atoms with E-state index in [-0.39, 0.29) is 29.1 Å². The lowest BCUT2D eigenvalue weighted by Crippen LogP contribution is -2.17. The van der Waals surface area contributed by atoms with Gasteiger partial charge in [0.2, 0.25) is 5.91 Å². The number of carbonyl (C=O) groups is 3. The highest BCUT2D eigenvalue weighted by atomic mass is 16.5. The molecule has 0 aliphatic carbocycles. The largest absolute Gasteiger partial charge is 0.465 e. The van der Waals surface area contributed by atoms with Crippen LogP contribution in [0, 0.1) is 0 Å². The van der Waals surface area contributed by atoms with Gasteiger partial charge in [0.25, 0.3) is 0 Å². The first kappa shape index (κ1) is 18.1. The van der Waals surface area contributed by atoms with Gasteiger partial charge in [-0.05, 0) is 30.2 Å². The van der Waals surface area contributed by atoms with Gasteiger partial charge >= 0.3 is 11.9 Å². The van der Waals surface area contributed by atoms with Gasteiger partial charge in [0.05, 0.1) is 31.0 Å². The SMILES string of the molecule is COC(=O)c1ccc(C(=O)OC)c(NC(=O)CCc2cncnc2)c1. The zero-order valence-corrected chi connectivity index (χ0v) is 13.8. The van der Waals surface area contributed by atoms with Crippen LogP contribution in [0.4, 0.5) is 5.69 Å². The first-order valence-corrected chi connectivity index (χ1v) is 7.39. The molecule has 1 N–H and O–H groups in total. The average molecular weight is 343 g/mol. The summed E-state index contributed by atoms with van der Waals surface area (Å²) in [5, 5.41) is 2.63. The van der Waals surface area contributed by atoms with E-state index in [1.165, 1.54) is 38.7 Å². The summed E-state index contributed by atoms with van der Waals surface area (Å²) in [6.45, 7) is 0.